The SMILES string of the molecule is Cc1cc(S(=O)(=O)Nc2nnc(-c3cccs3)o2)c(C)s1. The number of aryl methyl sites for hydroxylation is 2. The average Bonchev–Trinajstić information content (AvgIpc) is 3.08. The maximum atomic E-state index is 12.3. The summed E-state index contributed by atoms with van der Waals surface area (Å²) in [5.41, 5.74) is 0. The number of thiophene rings is 2. The van der Waals surface area contributed by atoms with Crippen molar-refractivity contribution in [2.45, 2.75) is 18.7 Å². The van der Waals surface area contributed by atoms with Gasteiger partial charge >= 0.3 is 6.01 Å². The van der Waals surface area contributed by atoms with Gasteiger partial charge in [-0.1, -0.05) is 11.2 Å². The second-order valence-corrected chi connectivity index (χ2v) is 8.33. The molecule has 0 unspecified atom stereocenters. The molecule has 3 heterocycles. The standard InChI is InChI=1S/C12H11N3O3S3/c1-7-6-10(8(2)20-7)21(16,17)15-12-14-13-11(18-12)9-4-3-5-19-9/h3-6H,1-2H3,(H,14,15). The fourth-order valence-corrected chi connectivity index (χ4v) is 4.93. The molecule has 3 aromatic rings. The molecule has 0 spiro atoms. The summed E-state index contributed by atoms with van der Waals surface area (Å²) < 4.78 is 32.3. The first-order valence-corrected chi connectivity index (χ1v) is 9.11. The van der Waals surface area contributed by atoms with E-state index < -0.39 is 10.0 Å². The molecule has 0 aromatic carbocycles. The molecule has 3 aromatic heterocycles. The van der Waals surface area contributed by atoms with Crippen LogP contribution in [0.1, 0.15) is 9.75 Å². The Morgan fingerprint density at radius 2 is 2.10 bits per heavy atom. The Bertz CT molecular complexity index is 863. The predicted molar refractivity (Wildman–Crippen MR) is 82.2 cm³/mol. The largest absolute Gasteiger partial charge is 0.402 e. The number of hydrogen-bond acceptors (Lipinski definition) is 7. The number of hydrogen-bond donors (Lipinski definition) is 1. The zero-order valence-corrected chi connectivity index (χ0v) is 13.6. The molecule has 9 heteroatoms. The van der Waals surface area contributed by atoms with E-state index in [4.69, 9.17) is 4.42 Å². The molecule has 0 atom stereocenters. The van der Waals surface area contributed by atoms with Crippen molar-refractivity contribution in [3.63, 3.8) is 0 Å². The molecular formula is C12H11N3O3S3. The predicted octanol–water partition coefficient (Wildman–Crippen LogP) is 3.28. The molecule has 0 saturated heterocycles. The lowest BCUT2D eigenvalue weighted by Gasteiger charge is -2.02. The van der Waals surface area contributed by atoms with Crippen molar-refractivity contribution in [3.05, 3.63) is 33.3 Å². The normalized spacial score (nSPS) is 11.7. The molecule has 0 bridgehead atoms. The number of nitrogens with one attached hydrogen (secondary N) is 1. The van der Waals surface area contributed by atoms with Gasteiger partial charge in [0.15, 0.2) is 0 Å². The number of anilines is 1. The third-order valence-corrected chi connectivity index (χ3v) is 6.06. The lowest BCUT2D eigenvalue weighted by molar-refractivity contribution is 0.578. The van der Waals surface area contributed by atoms with E-state index in [9.17, 15) is 8.42 Å². The van der Waals surface area contributed by atoms with Crippen molar-refractivity contribution in [3.8, 4) is 10.8 Å². The zero-order valence-electron chi connectivity index (χ0n) is 11.2. The van der Waals surface area contributed by atoms with Gasteiger partial charge < -0.3 is 4.42 Å². The smallest absolute Gasteiger partial charge is 0.330 e. The summed E-state index contributed by atoms with van der Waals surface area (Å²) in [4.78, 5) is 2.67. The van der Waals surface area contributed by atoms with Crippen LogP contribution in [0.25, 0.3) is 10.8 Å². The van der Waals surface area contributed by atoms with Gasteiger partial charge in [0.2, 0.25) is 0 Å². The Morgan fingerprint density at radius 1 is 1.29 bits per heavy atom. The minimum absolute atomic E-state index is 0.137. The van der Waals surface area contributed by atoms with E-state index >= 15 is 0 Å². The third kappa shape index (κ3) is 2.85. The van der Waals surface area contributed by atoms with Crippen molar-refractivity contribution in [2.75, 3.05) is 4.72 Å². The third-order valence-electron chi connectivity index (χ3n) is 2.66. The molecule has 0 radical (unpaired) electrons. The van der Waals surface area contributed by atoms with Crippen molar-refractivity contribution >= 4 is 38.7 Å². The van der Waals surface area contributed by atoms with Gasteiger partial charge in [0, 0.05) is 9.75 Å². The van der Waals surface area contributed by atoms with Gasteiger partial charge in [0.05, 0.1) is 4.88 Å². The van der Waals surface area contributed by atoms with E-state index in [1.807, 2.05) is 24.4 Å². The van der Waals surface area contributed by atoms with E-state index in [-0.39, 0.29) is 10.9 Å². The fourth-order valence-electron chi connectivity index (χ4n) is 1.81. The first-order chi connectivity index (χ1) is 9.95. The number of rotatable bonds is 4. The van der Waals surface area contributed by atoms with E-state index in [1.165, 1.54) is 22.7 Å². The van der Waals surface area contributed by atoms with Crippen LogP contribution in [0, 0.1) is 13.8 Å². The molecule has 21 heavy (non-hydrogen) atoms. The monoisotopic (exact) mass is 341 g/mol. The van der Waals surface area contributed by atoms with Crippen LogP contribution in [-0.2, 0) is 10.0 Å². The first kappa shape index (κ1) is 14.2. The topological polar surface area (TPSA) is 85.1 Å². The summed E-state index contributed by atoms with van der Waals surface area (Å²) in [7, 11) is -3.71. The number of sulfonamides is 1. The van der Waals surface area contributed by atoms with Crippen LogP contribution in [-0.4, -0.2) is 18.6 Å². The van der Waals surface area contributed by atoms with Crippen molar-refractivity contribution in [1.82, 2.24) is 10.2 Å². The molecule has 6 nitrogen and oxygen atoms in total. The molecule has 0 fully saturated rings. The van der Waals surface area contributed by atoms with Crippen LogP contribution >= 0.6 is 22.7 Å². The van der Waals surface area contributed by atoms with Gasteiger partial charge in [0.25, 0.3) is 15.9 Å². The van der Waals surface area contributed by atoms with Crippen LogP contribution in [0.2, 0.25) is 0 Å². The summed E-state index contributed by atoms with van der Waals surface area (Å²) in [5.74, 6) is 0.293. The van der Waals surface area contributed by atoms with Gasteiger partial charge in [-0.15, -0.1) is 27.8 Å². The Kier molecular flexibility index (Phi) is 3.56. The summed E-state index contributed by atoms with van der Waals surface area (Å²) in [6, 6.07) is 5.16. The van der Waals surface area contributed by atoms with Crippen LogP contribution in [0.4, 0.5) is 6.01 Å². The van der Waals surface area contributed by atoms with Gasteiger partial charge in [-0.3, -0.25) is 0 Å². The molecule has 110 valence electrons. The van der Waals surface area contributed by atoms with Crippen molar-refractivity contribution in [2.24, 2.45) is 0 Å². The highest BCUT2D eigenvalue weighted by atomic mass is 32.2. The lowest BCUT2D eigenvalue weighted by Crippen LogP contribution is -2.13. The highest BCUT2D eigenvalue weighted by Crippen LogP contribution is 2.28. The minimum atomic E-state index is -3.71. The molecule has 3 rings (SSSR count). The Balaban J connectivity index is 1.88. The highest BCUT2D eigenvalue weighted by Gasteiger charge is 2.22. The second kappa shape index (κ2) is 5.24. The molecular weight excluding hydrogens is 330 g/mol. The molecule has 1 N–H and O–H groups in total. The number of aromatic nitrogens is 2. The summed E-state index contributed by atoms with van der Waals surface area (Å²) in [6.07, 6.45) is 0. The minimum Gasteiger partial charge on any atom is -0.402 e. The molecule has 0 aliphatic rings. The van der Waals surface area contributed by atoms with E-state index in [0.717, 1.165) is 14.6 Å². The Morgan fingerprint density at radius 3 is 2.71 bits per heavy atom. The van der Waals surface area contributed by atoms with E-state index in [1.54, 1.807) is 13.0 Å². The van der Waals surface area contributed by atoms with E-state index in [2.05, 4.69) is 14.9 Å². The van der Waals surface area contributed by atoms with Crippen LogP contribution in [0.5, 0.6) is 0 Å². The molecule has 0 aliphatic carbocycles. The summed E-state index contributed by atoms with van der Waals surface area (Å²) in [6.45, 7) is 3.62. The summed E-state index contributed by atoms with van der Waals surface area (Å²) in [5, 5.41) is 9.43. The van der Waals surface area contributed by atoms with Crippen molar-refractivity contribution in [1.29, 1.82) is 0 Å². The molecule has 0 aliphatic heterocycles. The fraction of sp³-hybridized carbons (Fsp3) is 0.167. The average molecular weight is 341 g/mol. The van der Waals surface area contributed by atoms with Gasteiger partial charge in [-0.25, -0.2) is 13.1 Å². The molecule has 0 amide bonds. The Labute approximate surface area is 129 Å². The first-order valence-electron chi connectivity index (χ1n) is 5.93. The van der Waals surface area contributed by atoms with E-state index in [0.29, 0.717) is 5.89 Å². The van der Waals surface area contributed by atoms with Crippen LogP contribution in [0.3, 0.4) is 0 Å². The maximum Gasteiger partial charge on any atom is 0.330 e. The highest BCUT2D eigenvalue weighted by molar-refractivity contribution is 7.92. The van der Waals surface area contributed by atoms with Gasteiger partial charge in [0.1, 0.15) is 4.90 Å². The summed E-state index contributed by atoms with van der Waals surface area (Å²) >= 11 is 2.86. The number of nitrogens with zero attached hydrogens (tertiary/aromatic N) is 2. The van der Waals surface area contributed by atoms with Crippen LogP contribution in [0.15, 0.2) is 32.9 Å². The Hall–Kier alpha value is -1.71. The second-order valence-electron chi connectivity index (χ2n) is 4.27. The van der Waals surface area contributed by atoms with Crippen LogP contribution < -0.4 is 4.72 Å². The van der Waals surface area contributed by atoms with Crippen molar-refractivity contribution < 1.29 is 12.8 Å². The van der Waals surface area contributed by atoms with Gasteiger partial charge in [-0.2, -0.15) is 0 Å². The zero-order chi connectivity index (χ0) is 15.0. The molecule has 0 saturated carbocycles. The lowest BCUT2D eigenvalue weighted by atomic mass is 10.4. The quantitative estimate of drug-likeness (QED) is 0.787. The van der Waals surface area contributed by atoms with Gasteiger partial charge in [-0.05, 0) is 31.4 Å². The maximum absolute atomic E-state index is 12.3.